The second kappa shape index (κ2) is 10.1. The third-order valence-corrected chi connectivity index (χ3v) is 0. The molecule has 0 rings (SSSR count). The third kappa shape index (κ3) is 37.1. The van der Waals surface area contributed by atoms with Gasteiger partial charge in [-0.3, -0.25) is 0 Å². The monoisotopic (exact) mass is 133 g/mol. The van der Waals surface area contributed by atoms with Gasteiger partial charge in [0.1, 0.15) is 0 Å². The normalized spacial score (nSPS) is 6.00. The van der Waals surface area contributed by atoms with Gasteiger partial charge in [0.05, 0.1) is 0 Å². The van der Waals surface area contributed by atoms with E-state index in [0.29, 0.717) is 0 Å². The van der Waals surface area contributed by atoms with E-state index in [4.69, 9.17) is 0 Å². The van der Waals surface area contributed by atoms with E-state index in [-0.39, 0.29) is 64.8 Å². The standard InChI is InChI=1S/C3H9P.K.H2O/c1-4(2)3;;/h1-3H3;;1H2. The number of hydrogen-bond donors (Lipinski definition) is 0. The van der Waals surface area contributed by atoms with Crippen LogP contribution in [0, 0.1) is 0 Å². The fraction of sp³-hybridized carbons (Fsp3) is 1.00. The Balaban J connectivity index is -0.0000000450. The predicted molar refractivity (Wildman–Crippen MR) is 33.8 cm³/mol. The summed E-state index contributed by atoms with van der Waals surface area (Å²) in [7, 11) is 0.120. The first-order valence-electron chi connectivity index (χ1n) is 1.50. The first-order valence-corrected chi connectivity index (χ1v) is 4.50. The Morgan fingerprint density at radius 3 is 1.00 bits per heavy atom. The molecular formula is C3H11KOP. The van der Waals surface area contributed by atoms with Gasteiger partial charge in [0.25, 0.3) is 0 Å². The summed E-state index contributed by atoms with van der Waals surface area (Å²) < 4.78 is 0. The van der Waals surface area contributed by atoms with Crippen LogP contribution in [0.4, 0.5) is 0 Å². The Labute approximate surface area is 83.4 Å². The van der Waals surface area contributed by atoms with Gasteiger partial charge in [0, 0.05) is 71.4 Å². The average molecular weight is 133 g/mol. The molecule has 0 aliphatic rings. The van der Waals surface area contributed by atoms with Gasteiger partial charge in [-0.05, 0) is 7.92 Å². The summed E-state index contributed by atoms with van der Waals surface area (Å²) in [5.41, 5.74) is 0. The molecule has 0 unspecified atom stereocenters. The van der Waals surface area contributed by atoms with Crippen LogP contribution in [0.1, 0.15) is 0 Å². The zero-order chi connectivity index (χ0) is 3.58. The largest absolute Gasteiger partial charge is 0.870 e. The smallest absolute Gasteiger partial charge is 0.0461 e. The van der Waals surface area contributed by atoms with E-state index in [0.717, 1.165) is 0 Å². The molecule has 0 heterocycles. The average Bonchev–Trinajstić information content (AvgIpc) is 0.811. The first kappa shape index (κ1) is 15.7. The van der Waals surface area contributed by atoms with Crippen molar-refractivity contribution in [2.24, 2.45) is 0 Å². The van der Waals surface area contributed by atoms with Crippen LogP contribution in [-0.4, -0.2) is 76.9 Å². The molecule has 3 heteroatoms. The van der Waals surface area contributed by atoms with Crippen molar-refractivity contribution in [3.05, 3.63) is 0 Å². The fourth-order valence-electron chi connectivity index (χ4n) is 0. The van der Waals surface area contributed by atoms with E-state index in [9.17, 15) is 0 Å². The quantitative estimate of drug-likeness (QED) is 0.350. The van der Waals surface area contributed by atoms with Crippen LogP contribution < -0.4 is 0 Å². The molecule has 0 aliphatic heterocycles. The van der Waals surface area contributed by atoms with Gasteiger partial charge in [-0.25, -0.2) is 0 Å². The SMILES string of the molecule is C[PH+](C)C.[K].[OH-]. The van der Waals surface area contributed by atoms with Crippen LogP contribution >= 0.6 is 7.92 Å². The minimum absolute atomic E-state index is 0. The Morgan fingerprint density at radius 2 is 1.00 bits per heavy atom. The van der Waals surface area contributed by atoms with Crippen molar-refractivity contribution in [3.63, 3.8) is 0 Å². The van der Waals surface area contributed by atoms with Gasteiger partial charge >= 0.3 is 0 Å². The second-order valence-corrected chi connectivity index (χ2v) is 4.50. The maximum absolute atomic E-state index is 2.27. The molecule has 0 aromatic heterocycles. The first-order chi connectivity index (χ1) is 1.73. The Morgan fingerprint density at radius 1 is 1.00 bits per heavy atom. The zero-order valence-corrected chi connectivity index (χ0v) is 9.07. The maximum atomic E-state index is 2.27. The van der Waals surface area contributed by atoms with Crippen LogP contribution in [0.25, 0.3) is 0 Å². The van der Waals surface area contributed by atoms with E-state index < -0.39 is 0 Å². The summed E-state index contributed by atoms with van der Waals surface area (Å²) in [5.74, 6) is 0. The van der Waals surface area contributed by atoms with Crippen LogP contribution in [0.3, 0.4) is 0 Å². The molecular weight excluding hydrogens is 122 g/mol. The Bertz CT molecular complexity index is 15.5. The fourth-order valence-corrected chi connectivity index (χ4v) is 0. The summed E-state index contributed by atoms with van der Waals surface area (Å²) in [6.07, 6.45) is 0. The molecule has 0 aliphatic carbocycles. The molecule has 1 nitrogen and oxygen atoms in total. The molecule has 0 saturated carbocycles. The summed E-state index contributed by atoms with van der Waals surface area (Å²) in [4.78, 5) is 0. The van der Waals surface area contributed by atoms with Crippen molar-refractivity contribution in [3.8, 4) is 0 Å². The van der Waals surface area contributed by atoms with Crippen molar-refractivity contribution in [2.45, 2.75) is 0 Å². The van der Waals surface area contributed by atoms with Gasteiger partial charge < -0.3 is 5.48 Å². The van der Waals surface area contributed by atoms with Gasteiger partial charge in [-0.1, -0.05) is 0 Å². The van der Waals surface area contributed by atoms with Gasteiger partial charge in [-0.2, -0.15) is 0 Å². The van der Waals surface area contributed by atoms with Gasteiger partial charge in [0.2, 0.25) is 0 Å². The van der Waals surface area contributed by atoms with Crippen LogP contribution in [0.2, 0.25) is 0 Å². The molecule has 6 heavy (non-hydrogen) atoms. The maximum Gasteiger partial charge on any atom is 0.0461 e. The van der Waals surface area contributed by atoms with Crippen LogP contribution in [0.15, 0.2) is 0 Å². The Hall–Kier alpha value is 2.03. The zero-order valence-electron chi connectivity index (χ0n) is 4.95. The van der Waals surface area contributed by atoms with Crippen molar-refractivity contribution < 1.29 is 5.48 Å². The number of rotatable bonds is 0. The molecule has 0 aromatic carbocycles. The van der Waals surface area contributed by atoms with Crippen molar-refractivity contribution in [1.29, 1.82) is 0 Å². The molecule has 0 fully saturated rings. The molecule has 35 valence electrons. The van der Waals surface area contributed by atoms with E-state index in [1.165, 1.54) is 0 Å². The van der Waals surface area contributed by atoms with Crippen LogP contribution in [-0.2, 0) is 0 Å². The van der Waals surface area contributed by atoms with Gasteiger partial charge in [0.15, 0.2) is 0 Å². The topological polar surface area (TPSA) is 30.0 Å². The van der Waals surface area contributed by atoms with E-state index in [1.54, 1.807) is 0 Å². The van der Waals surface area contributed by atoms with Crippen molar-refractivity contribution >= 4 is 59.3 Å². The van der Waals surface area contributed by atoms with E-state index >= 15 is 0 Å². The molecule has 0 saturated heterocycles. The summed E-state index contributed by atoms with van der Waals surface area (Å²) in [6, 6.07) is 0. The molecule has 1 N–H and O–H groups in total. The van der Waals surface area contributed by atoms with E-state index in [1.807, 2.05) is 0 Å². The summed E-state index contributed by atoms with van der Waals surface area (Å²) >= 11 is 0. The summed E-state index contributed by atoms with van der Waals surface area (Å²) in [5, 5.41) is 0. The van der Waals surface area contributed by atoms with Crippen molar-refractivity contribution in [2.75, 3.05) is 20.0 Å². The molecule has 0 atom stereocenters. The molecule has 1 radical (unpaired) electrons. The van der Waals surface area contributed by atoms with Gasteiger partial charge in [-0.15, -0.1) is 0 Å². The Kier molecular flexibility index (Phi) is 26.4. The summed E-state index contributed by atoms with van der Waals surface area (Å²) in [6.45, 7) is 6.81. The number of hydrogen-bond acceptors (Lipinski definition) is 1. The minimum atomic E-state index is 0. The molecule has 0 bridgehead atoms. The molecule has 0 amide bonds. The molecule has 0 spiro atoms. The third-order valence-electron chi connectivity index (χ3n) is 0. The second-order valence-electron chi connectivity index (χ2n) is 1.50. The molecule has 0 aromatic rings. The minimum Gasteiger partial charge on any atom is -0.870 e. The predicted octanol–water partition coefficient (Wildman–Crippen LogP) is 0.532. The van der Waals surface area contributed by atoms with E-state index in [2.05, 4.69) is 20.0 Å². The van der Waals surface area contributed by atoms with Crippen molar-refractivity contribution in [1.82, 2.24) is 0 Å². The van der Waals surface area contributed by atoms with Crippen LogP contribution in [0.5, 0.6) is 0 Å².